The molecule has 2 aromatic rings. The normalized spacial score (nSPS) is 13.8. The lowest BCUT2D eigenvalue weighted by Crippen LogP contribution is -2.25. The lowest BCUT2D eigenvalue weighted by molar-refractivity contribution is -0.139. The van der Waals surface area contributed by atoms with Crippen LogP contribution in [-0.2, 0) is 9.67 Å². The number of carboxylic acid groups (broad SMARTS) is 1. The third-order valence-electron chi connectivity index (χ3n) is 3.01. The van der Waals surface area contributed by atoms with Gasteiger partial charge < -0.3 is 5.11 Å². The SMILES string of the molecule is CC(Cl)(C(=O)O)c1ccc(-c2ccc(F)cc2)cc1. The first-order chi connectivity index (χ1) is 8.91. The van der Waals surface area contributed by atoms with Crippen LogP contribution >= 0.6 is 11.6 Å². The molecule has 1 unspecified atom stereocenters. The van der Waals surface area contributed by atoms with Gasteiger partial charge in [0.2, 0.25) is 0 Å². The van der Waals surface area contributed by atoms with E-state index in [1.165, 1.54) is 19.1 Å². The second kappa shape index (κ2) is 5.02. The van der Waals surface area contributed by atoms with Crippen LogP contribution < -0.4 is 0 Å². The highest BCUT2D eigenvalue weighted by Gasteiger charge is 2.32. The number of rotatable bonds is 3. The molecule has 2 rings (SSSR count). The quantitative estimate of drug-likeness (QED) is 0.861. The van der Waals surface area contributed by atoms with E-state index in [-0.39, 0.29) is 5.82 Å². The Hall–Kier alpha value is -1.87. The number of carboxylic acids is 1. The van der Waals surface area contributed by atoms with Crippen LogP contribution in [0.4, 0.5) is 4.39 Å². The van der Waals surface area contributed by atoms with E-state index in [1.807, 2.05) is 0 Å². The topological polar surface area (TPSA) is 37.3 Å². The van der Waals surface area contributed by atoms with Gasteiger partial charge in [-0.25, -0.2) is 9.18 Å². The van der Waals surface area contributed by atoms with Crippen molar-refractivity contribution < 1.29 is 14.3 Å². The van der Waals surface area contributed by atoms with Crippen LogP contribution in [0, 0.1) is 5.82 Å². The molecule has 0 radical (unpaired) electrons. The van der Waals surface area contributed by atoms with E-state index in [4.69, 9.17) is 16.7 Å². The van der Waals surface area contributed by atoms with Gasteiger partial charge in [0.25, 0.3) is 0 Å². The largest absolute Gasteiger partial charge is 0.480 e. The standard InChI is InChI=1S/C15H12ClFO2/c1-15(16,14(18)19)12-6-2-10(3-7-12)11-4-8-13(17)9-5-11/h2-9H,1H3,(H,18,19). The number of hydrogen-bond donors (Lipinski definition) is 1. The summed E-state index contributed by atoms with van der Waals surface area (Å²) in [4.78, 5) is 9.60. The van der Waals surface area contributed by atoms with Crippen LogP contribution in [0.3, 0.4) is 0 Å². The van der Waals surface area contributed by atoms with E-state index in [1.54, 1.807) is 36.4 Å². The lowest BCUT2D eigenvalue weighted by Gasteiger charge is -2.17. The molecule has 1 atom stereocenters. The maximum atomic E-state index is 12.8. The molecule has 0 saturated carbocycles. The first-order valence-electron chi connectivity index (χ1n) is 5.70. The number of halogens is 2. The summed E-state index contributed by atoms with van der Waals surface area (Å²) in [5.74, 6) is -1.39. The van der Waals surface area contributed by atoms with Crippen molar-refractivity contribution >= 4 is 17.6 Å². The molecule has 0 amide bonds. The Morgan fingerprint density at radius 2 is 1.47 bits per heavy atom. The molecule has 0 aliphatic carbocycles. The fraction of sp³-hybridized carbons (Fsp3) is 0.133. The molecule has 0 aliphatic rings. The van der Waals surface area contributed by atoms with Crippen molar-refractivity contribution in [3.8, 4) is 11.1 Å². The summed E-state index contributed by atoms with van der Waals surface area (Å²) in [6, 6.07) is 13.0. The van der Waals surface area contributed by atoms with Gasteiger partial charge in [-0.15, -0.1) is 11.6 Å². The minimum absolute atomic E-state index is 0.292. The smallest absolute Gasteiger partial charge is 0.329 e. The third-order valence-corrected chi connectivity index (χ3v) is 3.39. The summed E-state index contributed by atoms with van der Waals surface area (Å²) >= 11 is 5.97. The van der Waals surface area contributed by atoms with Gasteiger partial charge in [0, 0.05) is 0 Å². The maximum Gasteiger partial charge on any atom is 0.329 e. The highest BCUT2D eigenvalue weighted by molar-refractivity contribution is 6.33. The summed E-state index contributed by atoms with van der Waals surface area (Å²) in [6.45, 7) is 1.43. The zero-order valence-electron chi connectivity index (χ0n) is 10.2. The zero-order chi connectivity index (χ0) is 14.0. The van der Waals surface area contributed by atoms with E-state index in [9.17, 15) is 9.18 Å². The van der Waals surface area contributed by atoms with Crippen molar-refractivity contribution in [1.82, 2.24) is 0 Å². The van der Waals surface area contributed by atoms with E-state index in [2.05, 4.69) is 0 Å². The third kappa shape index (κ3) is 2.76. The van der Waals surface area contributed by atoms with E-state index in [0.29, 0.717) is 5.56 Å². The number of hydrogen-bond acceptors (Lipinski definition) is 1. The molecule has 0 spiro atoms. The average Bonchev–Trinajstić information content (AvgIpc) is 2.39. The Kier molecular flexibility index (Phi) is 3.58. The highest BCUT2D eigenvalue weighted by atomic mass is 35.5. The number of alkyl halides is 1. The average molecular weight is 279 g/mol. The summed E-state index contributed by atoms with van der Waals surface area (Å²) < 4.78 is 12.8. The van der Waals surface area contributed by atoms with Gasteiger partial charge in [-0.1, -0.05) is 36.4 Å². The van der Waals surface area contributed by atoms with Crippen LogP contribution in [0.5, 0.6) is 0 Å². The summed E-state index contributed by atoms with van der Waals surface area (Å²) in [7, 11) is 0. The van der Waals surface area contributed by atoms with E-state index >= 15 is 0 Å². The fourth-order valence-corrected chi connectivity index (χ4v) is 1.87. The van der Waals surface area contributed by atoms with Gasteiger partial charge in [0.1, 0.15) is 5.82 Å². The second-order valence-corrected chi connectivity index (χ2v) is 5.15. The van der Waals surface area contributed by atoms with E-state index in [0.717, 1.165) is 11.1 Å². The van der Waals surface area contributed by atoms with Gasteiger partial charge >= 0.3 is 5.97 Å². The number of benzene rings is 2. The minimum atomic E-state index is -1.44. The Balaban J connectivity index is 2.33. The molecule has 19 heavy (non-hydrogen) atoms. The Morgan fingerprint density at radius 1 is 1.05 bits per heavy atom. The zero-order valence-corrected chi connectivity index (χ0v) is 11.0. The molecule has 0 aliphatic heterocycles. The van der Waals surface area contributed by atoms with Gasteiger partial charge in [-0.05, 0) is 35.7 Å². The van der Waals surface area contributed by atoms with Crippen LogP contribution in [-0.4, -0.2) is 11.1 Å². The molecule has 0 saturated heterocycles. The van der Waals surface area contributed by atoms with Crippen LogP contribution in [0.2, 0.25) is 0 Å². The highest BCUT2D eigenvalue weighted by Crippen LogP contribution is 2.30. The molecule has 98 valence electrons. The monoisotopic (exact) mass is 278 g/mol. The molecule has 2 nitrogen and oxygen atoms in total. The second-order valence-electron chi connectivity index (χ2n) is 4.39. The Morgan fingerprint density at radius 3 is 1.89 bits per heavy atom. The Bertz CT molecular complexity index is 589. The maximum absolute atomic E-state index is 12.8. The molecular weight excluding hydrogens is 267 g/mol. The van der Waals surface area contributed by atoms with Crippen LogP contribution in [0.25, 0.3) is 11.1 Å². The summed E-state index contributed by atoms with van der Waals surface area (Å²) in [5, 5.41) is 9.04. The predicted octanol–water partition coefficient (Wildman–Crippen LogP) is 4.03. The first kappa shape index (κ1) is 13.6. The molecule has 0 fully saturated rings. The number of aliphatic carboxylic acids is 1. The van der Waals surface area contributed by atoms with Crippen molar-refractivity contribution in [2.24, 2.45) is 0 Å². The molecule has 0 heterocycles. The fourth-order valence-electron chi connectivity index (χ4n) is 1.74. The summed E-state index contributed by atoms with van der Waals surface area (Å²) in [6.07, 6.45) is 0. The van der Waals surface area contributed by atoms with Crippen LogP contribution in [0.15, 0.2) is 48.5 Å². The molecule has 4 heteroatoms. The molecule has 0 bridgehead atoms. The molecule has 2 aromatic carbocycles. The van der Waals surface area contributed by atoms with Crippen molar-refractivity contribution in [3.05, 3.63) is 59.9 Å². The van der Waals surface area contributed by atoms with E-state index < -0.39 is 10.8 Å². The van der Waals surface area contributed by atoms with Crippen molar-refractivity contribution in [2.75, 3.05) is 0 Å². The van der Waals surface area contributed by atoms with Crippen molar-refractivity contribution in [1.29, 1.82) is 0 Å². The Labute approximate surface area is 115 Å². The molecule has 1 N–H and O–H groups in total. The van der Waals surface area contributed by atoms with Crippen molar-refractivity contribution in [3.63, 3.8) is 0 Å². The van der Waals surface area contributed by atoms with Crippen LogP contribution in [0.1, 0.15) is 12.5 Å². The summed E-state index contributed by atoms with van der Waals surface area (Å²) in [5.41, 5.74) is 2.24. The van der Waals surface area contributed by atoms with Gasteiger partial charge in [-0.3, -0.25) is 0 Å². The predicted molar refractivity (Wildman–Crippen MR) is 72.7 cm³/mol. The first-order valence-corrected chi connectivity index (χ1v) is 6.08. The molecule has 0 aromatic heterocycles. The lowest BCUT2D eigenvalue weighted by atomic mass is 9.97. The van der Waals surface area contributed by atoms with Gasteiger partial charge in [0.15, 0.2) is 4.87 Å². The number of carbonyl (C=O) groups is 1. The van der Waals surface area contributed by atoms with Gasteiger partial charge in [-0.2, -0.15) is 0 Å². The molecular formula is C15H12ClFO2. The minimum Gasteiger partial charge on any atom is -0.480 e. The van der Waals surface area contributed by atoms with Gasteiger partial charge in [0.05, 0.1) is 0 Å². The van der Waals surface area contributed by atoms with Crippen molar-refractivity contribution in [2.45, 2.75) is 11.8 Å².